The number of pyridine rings is 2. The van der Waals surface area contributed by atoms with E-state index in [1.54, 1.807) is 6.07 Å². The monoisotopic (exact) mass is 401 g/mol. The average molecular weight is 401 g/mol. The highest BCUT2D eigenvalue weighted by molar-refractivity contribution is 5.85. The molecule has 1 aliphatic heterocycles. The molecule has 8 heteroatoms. The molecule has 29 heavy (non-hydrogen) atoms. The van der Waals surface area contributed by atoms with Gasteiger partial charge in [-0.1, -0.05) is 12.1 Å². The number of halogens is 3. The second kappa shape index (κ2) is 7.35. The van der Waals surface area contributed by atoms with Gasteiger partial charge in [0.15, 0.2) is 0 Å². The topological polar surface area (TPSA) is 66.3 Å². The largest absolute Gasteiger partial charge is 0.481 e. The van der Waals surface area contributed by atoms with Crippen molar-refractivity contribution in [3.8, 4) is 11.1 Å². The van der Waals surface area contributed by atoms with Crippen LogP contribution in [0.2, 0.25) is 0 Å². The zero-order valence-corrected chi connectivity index (χ0v) is 15.4. The van der Waals surface area contributed by atoms with Gasteiger partial charge in [0.1, 0.15) is 11.5 Å². The molecule has 1 aromatic carbocycles. The molecule has 4 rings (SSSR count). The quantitative estimate of drug-likeness (QED) is 0.694. The zero-order chi connectivity index (χ0) is 20.6. The summed E-state index contributed by atoms with van der Waals surface area (Å²) in [7, 11) is 0. The Morgan fingerprint density at radius 1 is 1.03 bits per heavy atom. The van der Waals surface area contributed by atoms with Crippen LogP contribution in [0.4, 0.5) is 19.0 Å². The van der Waals surface area contributed by atoms with E-state index in [9.17, 15) is 18.0 Å². The first-order valence-electron chi connectivity index (χ1n) is 9.23. The molecular formula is C21H18F3N3O2. The van der Waals surface area contributed by atoms with Crippen molar-refractivity contribution in [3.63, 3.8) is 0 Å². The molecule has 1 fully saturated rings. The number of aromatic nitrogens is 2. The Morgan fingerprint density at radius 2 is 1.76 bits per heavy atom. The summed E-state index contributed by atoms with van der Waals surface area (Å²) in [5, 5.41) is 9.98. The van der Waals surface area contributed by atoms with E-state index in [1.165, 1.54) is 12.3 Å². The van der Waals surface area contributed by atoms with E-state index in [1.807, 2.05) is 24.3 Å². The number of carboxylic acid groups (broad SMARTS) is 1. The van der Waals surface area contributed by atoms with Crippen LogP contribution in [0, 0.1) is 5.92 Å². The molecule has 150 valence electrons. The van der Waals surface area contributed by atoms with Crippen molar-refractivity contribution in [2.24, 2.45) is 5.92 Å². The molecule has 1 saturated heterocycles. The Morgan fingerprint density at radius 3 is 2.38 bits per heavy atom. The second-order valence-electron chi connectivity index (χ2n) is 7.11. The summed E-state index contributed by atoms with van der Waals surface area (Å²) >= 11 is 0. The second-order valence-corrected chi connectivity index (χ2v) is 7.11. The van der Waals surface area contributed by atoms with E-state index >= 15 is 0 Å². The summed E-state index contributed by atoms with van der Waals surface area (Å²) < 4.78 is 38.0. The number of rotatable bonds is 3. The lowest BCUT2D eigenvalue weighted by Crippen LogP contribution is -2.36. The van der Waals surface area contributed by atoms with Crippen LogP contribution in [0.25, 0.3) is 22.0 Å². The van der Waals surface area contributed by atoms with Gasteiger partial charge in [0.25, 0.3) is 0 Å². The van der Waals surface area contributed by atoms with Crippen LogP contribution in [-0.4, -0.2) is 34.1 Å². The number of anilines is 1. The summed E-state index contributed by atoms with van der Waals surface area (Å²) in [4.78, 5) is 21.3. The first kappa shape index (κ1) is 19.2. The van der Waals surface area contributed by atoms with Gasteiger partial charge in [-0.15, -0.1) is 0 Å². The first-order valence-corrected chi connectivity index (χ1v) is 9.23. The maximum absolute atomic E-state index is 12.7. The lowest BCUT2D eigenvalue weighted by Gasteiger charge is -2.31. The minimum Gasteiger partial charge on any atom is -0.481 e. The maximum Gasteiger partial charge on any atom is 0.433 e. The summed E-state index contributed by atoms with van der Waals surface area (Å²) in [5.41, 5.74) is 1.21. The van der Waals surface area contributed by atoms with Gasteiger partial charge in [0.2, 0.25) is 0 Å². The molecule has 0 amide bonds. The van der Waals surface area contributed by atoms with Crippen molar-refractivity contribution < 1.29 is 23.1 Å². The number of carbonyl (C=O) groups is 1. The van der Waals surface area contributed by atoms with Gasteiger partial charge in [0, 0.05) is 30.2 Å². The van der Waals surface area contributed by atoms with Gasteiger partial charge in [-0.3, -0.25) is 9.78 Å². The predicted molar refractivity (Wildman–Crippen MR) is 103 cm³/mol. The molecule has 2 aromatic heterocycles. The van der Waals surface area contributed by atoms with Gasteiger partial charge in [-0.25, -0.2) is 4.98 Å². The van der Waals surface area contributed by atoms with Crippen molar-refractivity contribution in [2.75, 3.05) is 18.0 Å². The van der Waals surface area contributed by atoms with Gasteiger partial charge < -0.3 is 10.0 Å². The van der Waals surface area contributed by atoms with Crippen LogP contribution in [0.1, 0.15) is 18.5 Å². The summed E-state index contributed by atoms with van der Waals surface area (Å²) in [5.74, 6) is -0.252. The molecule has 0 aliphatic carbocycles. The van der Waals surface area contributed by atoms with Gasteiger partial charge >= 0.3 is 12.1 Å². The molecule has 1 aliphatic rings. The molecule has 0 spiro atoms. The van der Waals surface area contributed by atoms with Crippen LogP contribution < -0.4 is 4.90 Å². The van der Waals surface area contributed by atoms with Crippen LogP contribution in [0.15, 0.2) is 48.7 Å². The van der Waals surface area contributed by atoms with Gasteiger partial charge in [-0.05, 0) is 48.7 Å². The molecule has 5 nitrogen and oxygen atoms in total. The Kier molecular flexibility index (Phi) is 4.86. The lowest BCUT2D eigenvalue weighted by atomic mass is 9.97. The van der Waals surface area contributed by atoms with Crippen molar-refractivity contribution in [3.05, 3.63) is 54.4 Å². The van der Waals surface area contributed by atoms with Crippen LogP contribution in [0.3, 0.4) is 0 Å². The predicted octanol–water partition coefficient (Wildman–Crippen LogP) is 4.62. The van der Waals surface area contributed by atoms with Gasteiger partial charge in [-0.2, -0.15) is 13.2 Å². The molecule has 3 aromatic rings. The molecule has 3 heterocycles. The number of alkyl halides is 3. The fourth-order valence-electron chi connectivity index (χ4n) is 3.56. The molecule has 0 radical (unpaired) electrons. The molecule has 1 N–H and O–H groups in total. The van der Waals surface area contributed by atoms with Crippen LogP contribution >= 0.6 is 0 Å². The number of fused-ring (bicyclic) bond motifs is 1. The van der Waals surface area contributed by atoms with Crippen LogP contribution in [0.5, 0.6) is 0 Å². The summed E-state index contributed by atoms with van der Waals surface area (Å²) in [6, 6.07) is 11.7. The third-order valence-corrected chi connectivity index (χ3v) is 5.23. The van der Waals surface area contributed by atoms with Crippen molar-refractivity contribution in [1.82, 2.24) is 9.97 Å². The number of benzene rings is 1. The number of carboxylic acids is 1. The molecule has 0 unspecified atom stereocenters. The summed E-state index contributed by atoms with van der Waals surface area (Å²) in [6.45, 7) is 1.29. The van der Waals surface area contributed by atoms with E-state index in [2.05, 4.69) is 14.9 Å². The Hall–Kier alpha value is -3.16. The van der Waals surface area contributed by atoms with E-state index in [0.717, 1.165) is 28.4 Å². The normalized spacial score (nSPS) is 15.6. The fraction of sp³-hybridized carbons (Fsp3) is 0.286. The van der Waals surface area contributed by atoms with Crippen molar-refractivity contribution in [1.29, 1.82) is 0 Å². The zero-order valence-electron chi connectivity index (χ0n) is 15.4. The minimum atomic E-state index is -4.46. The first-order chi connectivity index (χ1) is 13.8. The number of nitrogens with zero attached hydrogens (tertiary/aromatic N) is 3. The maximum atomic E-state index is 12.7. The standard InChI is InChI=1S/C21H18F3N3O2/c22-21(23,24)18-5-2-16(12-25-18)14-1-4-17-15(11-14)3-6-19(26-17)27-9-7-13(8-10-27)20(28)29/h1-6,11-13H,7-10H2,(H,28,29). The smallest absolute Gasteiger partial charge is 0.433 e. The molecule has 0 bridgehead atoms. The SMILES string of the molecule is O=C(O)C1CCN(c2ccc3cc(-c4ccc(C(F)(F)F)nc4)ccc3n2)CC1. The highest BCUT2D eigenvalue weighted by Gasteiger charge is 2.32. The fourth-order valence-corrected chi connectivity index (χ4v) is 3.56. The third kappa shape index (κ3) is 4.01. The van der Waals surface area contributed by atoms with Crippen LogP contribution in [-0.2, 0) is 11.0 Å². The van der Waals surface area contributed by atoms with E-state index in [0.29, 0.717) is 31.5 Å². The third-order valence-electron chi connectivity index (χ3n) is 5.23. The number of hydrogen-bond donors (Lipinski definition) is 1. The molecule has 0 saturated carbocycles. The Bertz CT molecular complexity index is 1040. The highest BCUT2D eigenvalue weighted by atomic mass is 19.4. The van der Waals surface area contributed by atoms with Gasteiger partial charge in [0.05, 0.1) is 11.4 Å². The average Bonchev–Trinajstić information content (AvgIpc) is 2.72. The van der Waals surface area contributed by atoms with E-state index in [4.69, 9.17) is 5.11 Å². The Balaban J connectivity index is 1.55. The number of hydrogen-bond acceptors (Lipinski definition) is 4. The van der Waals surface area contributed by atoms with E-state index in [-0.39, 0.29) is 5.92 Å². The van der Waals surface area contributed by atoms with Crippen molar-refractivity contribution >= 4 is 22.7 Å². The molecule has 0 atom stereocenters. The highest BCUT2D eigenvalue weighted by Crippen LogP contribution is 2.30. The summed E-state index contributed by atoms with van der Waals surface area (Å²) in [6.07, 6.45) is -2.05. The number of aliphatic carboxylic acids is 1. The minimum absolute atomic E-state index is 0.299. The number of piperidine rings is 1. The van der Waals surface area contributed by atoms with E-state index < -0.39 is 17.8 Å². The molecular weight excluding hydrogens is 383 g/mol. The van der Waals surface area contributed by atoms with Crippen molar-refractivity contribution in [2.45, 2.75) is 19.0 Å². The Labute approximate surface area is 164 Å². The lowest BCUT2D eigenvalue weighted by molar-refractivity contribution is -0.142.